The molecule has 0 radical (unpaired) electrons. The maximum Gasteiger partial charge on any atom is 0.211 e. The summed E-state index contributed by atoms with van der Waals surface area (Å²) in [6.07, 6.45) is 2.60. The SMILES string of the molecule is CCCC#Cc1ccccc1NC=O. The summed E-state index contributed by atoms with van der Waals surface area (Å²) in [7, 11) is 0. The molecule has 0 bridgehead atoms. The lowest BCUT2D eigenvalue weighted by Crippen LogP contribution is -1.95. The van der Waals surface area contributed by atoms with Crippen molar-refractivity contribution >= 4 is 12.1 Å². The Morgan fingerprint density at radius 3 is 2.93 bits per heavy atom. The number of hydrogen-bond acceptors (Lipinski definition) is 1. The fraction of sp³-hybridized carbons (Fsp3) is 0.250. The molecule has 0 aromatic heterocycles. The lowest BCUT2D eigenvalue weighted by molar-refractivity contribution is -0.105. The summed E-state index contributed by atoms with van der Waals surface area (Å²) in [5, 5.41) is 2.62. The zero-order valence-electron chi connectivity index (χ0n) is 8.21. The van der Waals surface area contributed by atoms with Crippen molar-refractivity contribution in [1.29, 1.82) is 0 Å². The third-order valence-electron chi connectivity index (χ3n) is 1.74. The Hall–Kier alpha value is -1.75. The Kier molecular flexibility index (Phi) is 4.30. The predicted octanol–water partition coefficient (Wildman–Crippen LogP) is 2.41. The highest BCUT2D eigenvalue weighted by Crippen LogP contribution is 2.12. The first-order valence-electron chi connectivity index (χ1n) is 4.66. The van der Waals surface area contributed by atoms with Crippen molar-refractivity contribution in [2.75, 3.05) is 5.32 Å². The van der Waals surface area contributed by atoms with Gasteiger partial charge in [0, 0.05) is 12.0 Å². The van der Waals surface area contributed by atoms with Crippen LogP contribution >= 0.6 is 0 Å². The highest BCUT2D eigenvalue weighted by atomic mass is 16.1. The predicted molar refractivity (Wildman–Crippen MR) is 57.9 cm³/mol. The van der Waals surface area contributed by atoms with Crippen LogP contribution < -0.4 is 5.32 Å². The first-order chi connectivity index (χ1) is 6.88. The third kappa shape index (κ3) is 2.95. The molecule has 0 saturated heterocycles. The number of carbonyl (C=O) groups excluding carboxylic acids is 1. The average molecular weight is 187 g/mol. The van der Waals surface area contributed by atoms with Crippen LogP contribution in [0, 0.1) is 11.8 Å². The van der Waals surface area contributed by atoms with Crippen molar-refractivity contribution < 1.29 is 4.79 Å². The second-order valence-electron chi connectivity index (χ2n) is 2.86. The van der Waals surface area contributed by atoms with E-state index in [0.29, 0.717) is 6.41 Å². The van der Waals surface area contributed by atoms with E-state index in [1.54, 1.807) is 0 Å². The summed E-state index contributed by atoms with van der Waals surface area (Å²) in [5.74, 6) is 6.07. The van der Waals surface area contributed by atoms with Gasteiger partial charge in [-0.3, -0.25) is 4.79 Å². The molecular formula is C12H13NO. The minimum absolute atomic E-state index is 0.667. The molecule has 2 heteroatoms. The molecule has 1 aromatic carbocycles. The summed E-state index contributed by atoms with van der Waals surface area (Å²) >= 11 is 0. The van der Waals surface area contributed by atoms with Crippen LogP contribution in [-0.4, -0.2) is 6.41 Å². The van der Waals surface area contributed by atoms with Crippen molar-refractivity contribution in [3.63, 3.8) is 0 Å². The average Bonchev–Trinajstić information content (AvgIpc) is 2.21. The quantitative estimate of drug-likeness (QED) is 0.571. The number of hydrogen-bond donors (Lipinski definition) is 1. The molecule has 1 amide bonds. The molecule has 14 heavy (non-hydrogen) atoms. The molecule has 1 rings (SSSR count). The molecule has 0 aliphatic heterocycles. The number of nitrogens with one attached hydrogen (secondary N) is 1. The molecular weight excluding hydrogens is 174 g/mol. The van der Waals surface area contributed by atoms with Gasteiger partial charge < -0.3 is 5.32 Å². The van der Waals surface area contributed by atoms with Crippen LogP contribution in [0.2, 0.25) is 0 Å². The van der Waals surface area contributed by atoms with Gasteiger partial charge in [0.25, 0.3) is 0 Å². The number of para-hydroxylation sites is 1. The van der Waals surface area contributed by atoms with Gasteiger partial charge in [0.1, 0.15) is 0 Å². The van der Waals surface area contributed by atoms with E-state index in [9.17, 15) is 4.79 Å². The summed E-state index contributed by atoms with van der Waals surface area (Å²) in [6, 6.07) is 7.52. The van der Waals surface area contributed by atoms with Gasteiger partial charge in [-0.15, -0.1) is 0 Å². The first kappa shape index (κ1) is 10.3. The van der Waals surface area contributed by atoms with Crippen LogP contribution in [0.4, 0.5) is 5.69 Å². The molecule has 0 heterocycles. The molecule has 0 unspecified atom stereocenters. The van der Waals surface area contributed by atoms with Crippen molar-refractivity contribution in [2.45, 2.75) is 19.8 Å². The molecule has 0 aliphatic carbocycles. The van der Waals surface area contributed by atoms with Gasteiger partial charge in [0.2, 0.25) is 6.41 Å². The molecule has 1 aromatic rings. The van der Waals surface area contributed by atoms with E-state index in [4.69, 9.17) is 0 Å². The lowest BCUT2D eigenvalue weighted by atomic mass is 10.2. The number of rotatable bonds is 3. The van der Waals surface area contributed by atoms with Gasteiger partial charge in [-0.25, -0.2) is 0 Å². The van der Waals surface area contributed by atoms with Crippen molar-refractivity contribution in [3.8, 4) is 11.8 Å². The van der Waals surface area contributed by atoms with E-state index in [-0.39, 0.29) is 0 Å². The second kappa shape index (κ2) is 5.82. The van der Waals surface area contributed by atoms with E-state index in [1.807, 2.05) is 24.3 Å². The fourth-order valence-corrected chi connectivity index (χ4v) is 1.06. The van der Waals surface area contributed by atoms with E-state index in [0.717, 1.165) is 24.1 Å². The maximum atomic E-state index is 10.3. The van der Waals surface area contributed by atoms with Crippen LogP contribution in [0.5, 0.6) is 0 Å². The van der Waals surface area contributed by atoms with Gasteiger partial charge in [-0.2, -0.15) is 0 Å². The number of benzene rings is 1. The minimum Gasteiger partial charge on any atom is -0.328 e. The van der Waals surface area contributed by atoms with Crippen molar-refractivity contribution in [1.82, 2.24) is 0 Å². The molecule has 0 fully saturated rings. The Bertz CT molecular complexity index is 360. The molecule has 0 spiro atoms. The summed E-state index contributed by atoms with van der Waals surface area (Å²) in [4.78, 5) is 10.3. The van der Waals surface area contributed by atoms with Crippen LogP contribution in [0.15, 0.2) is 24.3 Å². The number of anilines is 1. The van der Waals surface area contributed by atoms with Crippen LogP contribution in [0.1, 0.15) is 25.3 Å². The van der Waals surface area contributed by atoms with Crippen molar-refractivity contribution in [2.24, 2.45) is 0 Å². The van der Waals surface area contributed by atoms with E-state index in [2.05, 4.69) is 24.1 Å². The van der Waals surface area contributed by atoms with Crippen molar-refractivity contribution in [3.05, 3.63) is 29.8 Å². The Labute approximate surface area is 84.3 Å². The fourth-order valence-electron chi connectivity index (χ4n) is 1.06. The molecule has 0 aliphatic rings. The third-order valence-corrected chi connectivity index (χ3v) is 1.74. The first-order valence-corrected chi connectivity index (χ1v) is 4.66. The zero-order chi connectivity index (χ0) is 10.2. The van der Waals surface area contributed by atoms with E-state index in [1.165, 1.54) is 0 Å². The Balaban J connectivity index is 2.85. The normalized spacial score (nSPS) is 8.64. The highest BCUT2D eigenvalue weighted by Gasteiger charge is 1.95. The molecule has 1 N–H and O–H groups in total. The lowest BCUT2D eigenvalue weighted by Gasteiger charge is -2.00. The summed E-state index contributed by atoms with van der Waals surface area (Å²) in [5.41, 5.74) is 1.64. The van der Waals surface area contributed by atoms with Crippen LogP contribution in [0.25, 0.3) is 0 Å². The van der Waals surface area contributed by atoms with Gasteiger partial charge in [0.15, 0.2) is 0 Å². The second-order valence-corrected chi connectivity index (χ2v) is 2.86. The van der Waals surface area contributed by atoms with Crippen LogP contribution in [0.3, 0.4) is 0 Å². The maximum absolute atomic E-state index is 10.3. The molecule has 2 nitrogen and oxygen atoms in total. The Morgan fingerprint density at radius 2 is 2.21 bits per heavy atom. The van der Waals surface area contributed by atoms with E-state index >= 15 is 0 Å². The summed E-state index contributed by atoms with van der Waals surface area (Å²) in [6.45, 7) is 2.09. The van der Waals surface area contributed by atoms with Gasteiger partial charge in [-0.05, 0) is 18.6 Å². The van der Waals surface area contributed by atoms with Crippen LogP contribution in [-0.2, 0) is 4.79 Å². The van der Waals surface area contributed by atoms with E-state index < -0.39 is 0 Å². The monoisotopic (exact) mass is 187 g/mol. The largest absolute Gasteiger partial charge is 0.328 e. The van der Waals surface area contributed by atoms with Gasteiger partial charge in [0.05, 0.1) is 5.69 Å². The molecule has 72 valence electrons. The smallest absolute Gasteiger partial charge is 0.211 e. The zero-order valence-corrected chi connectivity index (χ0v) is 8.21. The number of carbonyl (C=O) groups is 1. The molecule has 0 saturated carbocycles. The summed E-state index contributed by atoms with van der Waals surface area (Å²) < 4.78 is 0. The van der Waals surface area contributed by atoms with Gasteiger partial charge >= 0.3 is 0 Å². The number of amides is 1. The molecule has 0 atom stereocenters. The van der Waals surface area contributed by atoms with Gasteiger partial charge in [-0.1, -0.05) is 30.9 Å². The highest BCUT2D eigenvalue weighted by molar-refractivity contribution is 5.75. The number of unbranched alkanes of at least 4 members (excludes halogenated alkanes) is 1. The topological polar surface area (TPSA) is 29.1 Å². The Morgan fingerprint density at radius 1 is 1.43 bits per heavy atom. The minimum atomic E-state index is 0.667. The standard InChI is InChI=1S/C12H13NO/c1-2-3-4-7-11-8-5-6-9-12(11)13-10-14/h5-6,8-10H,2-3H2,1H3,(H,13,14).